The molecule has 2 aliphatic heterocycles. The Labute approximate surface area is 260 Å². The molecule has 2 fully saturated rings. The van der Waals surface area contributed by atoms with E-state index in [9.17, 15) is 27.6 Å². The highest BCUT2D eigenvalue weighted by Gasteiger charge is 2.36. The minimum Gasteiger partial charge on any atom is -0.478 e. The van der Waals surface area contributed by atoms with Gasteiger partial charge in [-0.3, -0.25) is 9.47 Å². The van der Waals surface area contributed by atoms with E-state index in [1.54, 1.807) is 4.57 Å². The van der Waals surface area contributed by atoms with Gasteiger partial charge in [-0.15, -0.1) is 0 Å². The molecule has 0 bridgehead atoms. The van der Waals surface area contributed by atoms with Gasteiger partial charge in [0.05, 0.1) is 0 Å². The molecule has 4 rings (SSSR count). The quantitative estimate of drug-likeness (QED) is 0.307. The number of hydrogen-bond acceptors (Lipinski definition) is 9. The molecule has 2 saturated heterocycles. The van der Waals surface area contributed by atoms with Gasteiger partial charge in [0.25, 0.3) is 0 Å². The number of piperidine rings is 1. The molecule has 2 N–H and O–H groups in total. The Bertz CT molecular complexity index is 1330. The number of carboxylic acid groups (broad SMARTS) is 2. The van der Waals surface area contributed by atoms with E-state index >= 15 is 0 Å². The number of unbranched alkanes of at least 4 members (excludes halogenated alkanes) is 1. The molecule has 12 nitrogen and oxygen atoms in total. The fraction of sp³-hybridized carbons (Fsp3) is 0.600. The lowest BCUT2D eigenvalue weighted by Crippen LogP contribution is -2.47. The molecule has 45 heavy (non-hydrogen) atoms. The van der Waals surface area contributed by atoms with E-state index < -0.39 is 29.2 Å². The summed E-state index contributed by atoms with van der Waals surface area (Å²) in [5, 5.41) is 15.6. The largest absolute Gasteiger partial charge is 0.478 e. The van der Waals surface area contributed by atoms with Gasteiger partial charge >= 0.3 is 23.8 Å². The summed E-state index contributed by atoms with van der Waals surface area (Å²) >= 11 is 0. The van der Waals surface area contributed by atoms with E-state index in [0.29, 0.717) is 37.6 Å². The fourth-order valence-corrected chi connectivity index (χ4v) is 4.93. The number of rotatable bonds is 9. The standard InChI is InChI=1S/C26H38F3N7O.C4H4O4/c1-25(2,3)23-30-20(26(27,28)29)19-22(31-23)35-17-15-33(16-18-35)10-7-8-13-36-14-9-21(32-24(36)37)34-11-5-4-6-12-34;5-3(6)1-2-4(7)8/h9,14,19H,4-8,10-13,15-18H2,1-3H3;1-2H,(H,5,6)(H,7,8). The maximum atomic E-state index is 13.4. The molecule has 0 atom stereocenters. The van der Waals surface area contributed by atoms with Gasteiger partial charge in [-0.1, -0.05) is 20.8 Å². The number of aryl methyl sites for hydroxylation is 1. The number of nitrogens with zero attached hydrogens (tertiary/aromatic N) is 7. The van der Waals surface area contributed by atoms with Crippen molar-refractivity contribution in [1.82, 2.24) is 24.4 Å². The number of halogens is 3. The molecule has 0 saturated carbocycles. The van der Waals surface area contributed by atoms with Gasteiger partial charge in [-0.05, 0) is 44.7 Å². The summed E-state index contributed by atoms with van der Waals surface area (Å²) in [7, 11) is 0. The van der Waals surface area contributed by atoms with Gasteiger partial charge in [0.15, 0.2) is 0 Å². The first-order valence-corrected chi connectivity index (χ1v) is 15.0. The highest BCUT2D eigenvalue weighted by molar-refractivity contribution is 5.89. The van der Waals surface area contributed by atoms with Crippen molar-refractivity contribution < 1.29 is 33.0 Å². The second kappa shape index (κ2) is 15.8. The van der Waals surface area contributed by atoms with Crippen LogP contribution >= 0.6 is 0 Å². The molecule has 15 heteroatoms. The first-order chi connectivity index (χ1) is 21.1. The number of aromatic nitrogens is 4. The second-order valence-electron chi connectivity index (χ2n) is 12.0. The molecule has 0 unspecified atom stereocenters. The van der Waals surface area contributed by atoms with Crippen molar-refractivity contribution in [2.75, 3.05) is 55.6 Å². The normalized spacial score (nSPS) is 16.4. The average Bonchev–Trinajstić information content (AvgIpc) is 2.99. The molecule has 248 valence electrons. The highest BCUT2D eigenvalue weighted by atomic mass is 19.4. The van der Waals surface area contributed by atoms with E-state index in [1.165, 1.54) is 6.42 Å². The third-order valence-corrected chi connectivity index (χ3v) is 7.40. The van der Waals surface area contributed by atoms with Crippen LogP contribution in [0, 0.1) is 0 Å². The predicted molar refractivity (Wildman–Crippen MR) is 163 cm³/mol. The summed E-state index contributed by atoms with van der Waals surface area (Å²) in [5.41, 5.74) is -1.67. The highest BCUT2D eigenvalue weighted by Crippen LogP contribution is 2.32. The van der Waals surface area contributed by atoms with Crippen molar-refractivity contribution in [3.63, 3.8) is 0 Å². The first kappa shape index (κ1) is 35.5. The summed E-state index contributed by atoms with van der Waals surface area (Å²) in [5.74, 6) is -1.19. The van der Waals surface area contributed by atoms with Crippen molar-refractivity contribution >= 4 is 23.6 Å². The Morgan fingerprint density at radius 1 is 0.822 bits per heavy atom. The van der Waals surface area contributed by atoms with Crippen LogP contribution in [0.25, 0.3) is 0 Å². The molecule has 0 amide bonds. The van der Waals surface area contributed by atoms with Crippen molar-refractivity contribution in [2.24, 2.45) is 0 Å². The minimum atomic E-state index is -4.51. The molecule has 4 heterocycles. The number of hydrogen-bond donors (Lipinski definition) is 2. The smallest absolute Gasteiger partial charge is 0.433 e. The van der Waals surface area contributed by atoms with Gasteiger partial charge in [0, 0.05) is 75.6 Å². The van der Waals surface area contributed by atoms with Gasteiger partial charge < -0.3 is 20.0 Å². The summed E-state index contributed by atoms with van der Waals surface area (Å²) in [4.78, 5) is 50.5. The Balaban J connectivity index is 0.000000610. The number of anilines is 2. The van der Waals surface area contributed by atoms with Gasteiger partial charge in [-0.2, -0.15) is 18.2 Å². The van der Waals surface area contributed by atoms with Crippen LogP contribution in [0.15, 0.2) is 35.3 Å². The van der Waals surface area contributed by atoms with Crippen molar-refractivity contribution in [3.8, 4) is 0 Å². The second-order valence-corrected chi connectivity index (χ2v) is 12.0. The van der Waals surface area contributed by atoms with Crippen LogP contribution in [0.2, 0.25) is 0 Å². The van der Waals surface area contributed by atoms with Crippen LogP contribution in [0.1, 0.15) is 64.4 Å². The van der Waals surface area contributed by atoms with Crippen LogP contribution in [0.5, 0.6) is 0 Å². The number of alkyl halides is 3. The Morgan fingerprint density at radius 3 is 1.93 bits per heavy atom. The minimum absolute atomic E-state index is 0.200. The van der Waals surface area contributed by atoms with Crippen molar-refractivity contribution in [3.05, 3.63) is 52.5 Å². The molecule has 2 aliphatic rings. The Hall–Kier alpha value is -4.01. The molecule has 2 aromatic rings. The average molecular weight is 638 g/mol. The number of aliphatic carboxylic acids is 2. The maximum Gasteiger partial charge on any atom is 0.433 e. The third-order valence-electron chi connectivity index (χ3n) is 7.40. The van der Waals surface area contributed by atoms with Crippen LogP contribution in [0.3, 0.4) is 0 Å². The van der Waals surface area contributed by atoms with E-state index in [1.807, 2.05) is 37.9 Å². The number of carboxylic acids is 2. The molecule has 0 aromatic carbocycles. The molecule has 0 aliphatic carbocycles. The summed E-state index contributed by atoms with van der Waals surface area (Å²) in [6, 6.07) is 3.00. The fourth-order valence-electron chi connectivity index (χ4n) is 4.93. The van der Waals surface area contributed by atoms with Crippen LogP contribution in [-0.2, 0) is 27.7 Å². The zero-order chi connectivity index (χ0) is 33.2. The lowest BCUT2D eigenvalue weighted by atomic mass is 9.95. The predicted octanol–water partition coefficient (Wildman–Crippen LogP) is 3.65. The number of carbonyl (C=O) groups is 2. The van der Waals surface area contributed by atoms with Crippen LogP contribution in [0.4, 0.5) is 24.8 Å². The molecule has 0 spiro atoms. The summed E-state index contributed by atoms with van der Waals surface area (Å²) in [6.07, 6.45) is 3.77. The summed E-state index contributed by atoms with van der Waals surface area (Å²) in [6.45, 7) is 11.6. The zero-order valence-corrected chi connectivity index (χ0v) is 26.0. The molecular weight excluding hydrogens is 595 g/mol. The van der Waals surface area contributed by atoms with E-state index in [2.05, 4.69) is 24.8 Å². The summed E-state index contributed by atoms with van der Waals surface area (Å²) < 4.78 is 42.0. The lowest BCUT2D eigenvalue weighted by molar-refractivity contribution is -0.141. The van der Waals surface area contributed by atoms with E-state index in [4.69, 9.17) is 10.2 Å². The van der Waals surface area contributed by atoms with Gasteiger partial charge in [0.2, 0.25) is 0 Å². The monoisotopic (exact) mass is 637 g/mol. The SMILES string of the molecule is CC(C)(C)c1nc(N2CCN(CCCCn3ccc(N4CCCCC4)nc3=O)CC2)cc(C(F)(F)F)n1.O=C(O)C=CC(=O)O. The Morgan fingerprint density at radius 2 is 1.40 bits per heavy atom. The maximum absolute atomic E-state index is 13.4. The van der Waals surface area contributed by atoms with Gasteiger partial charge in [0.1, 0.15) is 23.2 Å². The number of piperazine rings is 1. The Kier molecular flexibility index (Phi) is 12.5. The third kappa shape index (κ3) is 11.5. The molecule has 2 aromatic heterocycles. The topological polar surface area (TPSA) is 145 Å². The van der Waals surface area contributed by atoms with E-state index in [0.717, 1.165) is 70.3 Å². The van der Waals surface area contributed by atoms with Crippen molar-refractivity contribution in [1.29, 1.82) is 0 Å². The van der Waals surface area contributed by atoms with Gasteiger partial charge in [-0.25, -0.2) is 24.4 Å². The zero-order valence-electron chi connectivity index (χ0n) is 26.0. The van der Waals surface area contributed by atoms with Crippen molar-refractivity contribution in [2.45, 2.75) is 71.0 Å². The molecule has 0 radical (unpaired) electrons. The van der Waals surface area contributed by atoms with E-state index in [-0.39, 0.29) is 11.5 Å². The van der Waals surface area contributed by atoms with Crippen LogP contribution < -0.4 is 15.5 Å². The van der Waals surface area contributed by atoms with Crippen LogP contribution in [-0.4, -0.2) is 92.4 Å². The molecular formula is C30H42F3N7O5. The lowest BCUT2D eigenvalue weighted by Gasteiger charge is -2.36. The first-order valence-electron chi connectivity index (χ1n) is 15.0.